The van der Waals surface area contributed by atoms with Crippen LogP contribution in [0.1, 0.15) is 50.5 Å². The third kappa shape index (κ3) is 3.35. The number of benzene rings is 1. The molecule has 2 fully saturated rings. The SMILES string of the molecule is CC1(C)C[C@@H]2C[C@@](C)(CN2C(=O)c2cccc(-c3ccc(F)cc3F)n2)C1. The summed E-state index contributed by atoms with van der Waals surface area (Å²) in [7, 11) is 0. The molecule has 2 atom stereocenters. The zero-order valence-corrected chi connectivity index (χ0v) is 15.9. The number of carbonyl (C=O) groups excluding carboxylic acids is 1. The van der Waals surface area contributed by atoms with Crippen LogP contribution in [0.2, 0.25) is 0 Å². The van der Waals surface area contributed by atoms with Gasteiger partial charge in [0.1, 0.15) is 17.3 Å². The van der Waals surface area contributed by atoms with E-state index in [1.807, 2.05) is 4.90 Å². The average Bonchev–Trinajstić information content (AvgIpc) is 2.83. The molecule has 1 aliphatic heterocycles. The van der Waals surface area contributed by atoms with Crippen molar-refractivity contribution in [3.63, 3.8) is 0 Å². The normalized spacial score (nSPS) is 26.3. The summed E-state index contributed by atoms with van der Waals surface area (Å²) in [5, 5.41) is 0. The Morgan fingerprint density at radius 3 is 2.67 bits per heavy atom. The van der Waals surface area contributed by atoms with Gasteiger partial charge in [-0.1, -0.05) is 26.8 Å². The second-order valence-corrected chi connectivity index (χ2v) is 9.18. The van der Waals surface area contributed by atoms with Gasteiger partial charge in [-0.3, -0.25) is 4.79 Å². The van der Waals surface area contributed by atoms with E-state index in [0.29, 0.717) is 11.4 Å². The van der Waals surface area contributed by atoms with Gasteiger partial charge >= 0.3 is 0 Å². The van der Waals surface area contributed by atoms with E-state index in [1.165, 1.54) is 12.1 Å². The van der Waals surface area contributed by atoms with Gasteiger partial charge in [0.25, 0.3) is 5.91 Å². The predicted octanol–water partition coefficient (Wildman–Crippen LogP) is 5.07. The van der Waals surface area contributed by atoms with Crippen molar-refractivity contribution in [3.05, 3.63) is 53.7 Å². The van der Waals surface area contributed by atoms with Gasteiger partial charge in [-0.15, -0.1) is 0 Å². The maximum atomic E-state index is 14.1. The third-order valence-corrected chi connectivity index (χ3v) is 5.85. The van der Waals surface area contributed by atoms with Crippen LogP contribution in [-0.4, -0.2) is 28.4 Å². The fourth-order valence-electron chi connectivity index (χ4n) is 5.25. The smallest absolute Gasteiger partial charge is 0.272 e. The molecule has 2 heterocycles. The standard InChI is InChI=1S/C22H24F2N2O/c1-21(2)10-15-11-22(3,12-21)13-26(15)20(27)19-6-4-5-18(25-19)16-8-7-14(23)9-17(16)24/h4-9,15H,10-13H2,1-3H3/t15-,22-/m1/s1. The maximum absolute atomic E-state index is 14.1. The minimum atomic E-state index is -0.682. The average molecular weight is 370 g/mol. The number of amides is 1. The van der Waals surface area contributed by atoms with Gasteiger partial charge in [0.05, 0.1) is 5.69 Å². The van der Waals surface area contributed by atoms with Crippen molar-refractivity contribution in [1.29, 1.82) is 0 Å². The van der Waals surface area contributed by atoms with Crippen molar-refractivity contribution in [3.8, 4) is 11.3 Å². The summed E-state index contributed by atoms with van der Waals surface area (Å²) in [5.41, 5.74) is 1.21. The zero-order valence-electron chi connectivity index (χ0n) is 15.9. The molecule has 1 saturated carbocycles. The molecule has 2 aromatic rings. The fourth-order valence-corrected chi connectivity index (χ4v) is 5.25. The number of hydrogen-bond donors (Lipinski definition) is 0. The summed E-state index contributed by atoms with van der Waals surface area (Å²) in [5.74, 6) is -1.42. The monoisotopic (exact) mass is 370 g/mol. The molecule has 1 saturated heterocycles. The Morgan fingerprint density at radius 2 is 1.93 bits per heavy atom. The lowest BCUT2D eigenvalue weighted by molar-refractivity contribution is 0.0702. The van der Waals surface area contributed by atoms with Gasteiger partial charge < -0.3 is 4.90 Å². The number of fused-ring (bicyclic) bond motifs is 2. The van der Waals surface area contributed by atoms with E-state index >= 15 is 0 Å². The zero-order chi connectivity index (χ0) is 19.4. The Morgan fingerprint density at radius 1 is 1.15 bits per heavy atom. The second-order valence-electron chi connectivity index (χ2n) is 9.18. The van der Waals surface area contributed by atoms with Crippen molar-refractivity contribution >= 4 is 5.91 Å². The first-order chi connectivity index (χ1) is 12.7. The van der Waals surface area contributed by atoms with Crippen molar-refractivity contribution < 1.29 is 13.6 Å². The Bertz CT molecular complexity index is 911. The molecule has 142 valence electrons. The summed E-state index contributed by atoms with van der Waals surface area (Å²) in [6.07, 6.45) is 3.11. The Kier molecular flexibility index (Phi) is 4.09. The molecule has 2 bridgehead atoms. The molecule has 2 aliphatic rings. The van der Waals surface area contributed by atoms with E-state index in [1.54, 1.807) is 18.2 Å². The van der Waals surface area contributed by atoms with Crippen LogP contribution in [0, 0.1) is 22.5 Å². The summed E-state index contributed by atoms with van der Waals surface area (Å²) in [6.45, 7) is 7.52. The molecule has 5 heteroatoms. The summed E-state index contributed by atoms with van der Waals surface area (Å²) < 4.78 is 27.3. The van der Waals surface area contributed by atoms with Gasteiger partial charge in [0.2, 0.25) is 0 Å². The maximum Gasteiger partial charge on any atom is 0.272 e. The fraction of sp³-hybridized carbons (Fsp3) is 0.455. The minimum absolute atomic E-state index is 0.106. The molecule has 1 aliphatic carbocycles. The van der Waals surface area contributed by atoms with Gasteiger partial charge in [-0.05, 0) is 54.4 Å². The molecule has 27 heavy (non-hydrogen) atoms. The van der Waals surface area contributed by atoms with Crippen LogP contribution in [0.4, 0.5) is 8.78 Å². The van der Waals surface area contributed by atoms with E-state index < -0.39 is 11.6 Å². The number of likely N-dealkylation sites (tertiary alicyclic amines) is 1. The van der Waals surface area contributed by atoms with Gasteiger partial charge in [0, 0.05) is 24.2 Å². The number of nitrogens with zero attached hydrogens (tertiary/aromatic N) is 2. The van der Waals surface area contributed by atoms with Crippen molar-refractivity contribution in [2.45, 2.75) is 46.1 Å². The first kappa shape index (κ1) is 18.1. The predicted molar refractivity (Wildman–Crippen MR) is 100 cm³/mol. The lowest BCUT2D eigenvalue weighted by atomic mass is 9.65. The van der Waals surface area contributed by atoms with Crippen LogP contribution in [-0.2, 0) is 0 Å². The molecule has 3 nitrogen and oxygen atoms in total. The molecule has 4 rings (SSSR count). The summed E-state index contributed by atoms with van der Waals surface area (Å²) >= 11 is 0. The van der Waals surface area contributed by atoms with Crippen LogP contribution in [0.25, 0.3) is 11.3 Å². The van der Waals surface area contributed by atoms with Gasteiger partial charge in [-0.2, -0.15) is 0 Å². The van der Waals surface area contributed by atoms with Crippen LogP contribution < -0.4 is 0 Å². The molecular weight excluding hydrogens is 346 g/mol. The lowest BCUT2D eigenvalue weighted by Gasteiger charge is -2.39. The topological polar surface area (TPSA) is 33.2 Å². The first-order valence-electron chi connectivity index (χ1n) is 9.39. The lowest BCUT2D eigenvalue weighted by Crippen LogP contribution is -2.38. The molecule has 0 radical (unpaired) electrons. The Hall–Kier alpha value is -2.30. The highest BCUT2D eigenvalue weighted by molar-refractivity contribution is 5.93. The van der Waals surface area contributed by atoms with Crippen molar-refractivity contribution in [1.82, 2.24) is 9.88 Å². The number of halogens is 2. The van der Waals surface area contributed by atoms with Crippen molar-refractivity contribution in [2.24, 2.45) is 10.8 Å². The van der Waals surface area contributed by atoms with Crippen LogP contribution >= 0.6 is 0 Å². The van der Waals surface area contributed by atoms with Gasteiger partial charge in [-0.25, -0.2) is 13.8 Å². The molecule has 1 aromatic heterocycles. The summed E-state index contributed by atoms with van der Waals surface area (Å²) in [6, 6.07) is 8.61. The number of hydrogen-bond acceptors (Lipinski definition) is 2. The second kappa shape index (κ2) is 6.11. The third-order valence-electron chi connectivity index (χ3n) is 5.85. The largest absolute Gasteiger partial charge is 0.334 e. The molecular formula is C22H24F2N2O. The summed E-state index contributed by atoms with van der Waals surface area (Å²) in [4.78, 5) is 19.5. The van der Waals surface area contributed by atoms with Gasteiger partial charge in [0.15, 0.2) is 0 Å². The van der Waals surface area contributed by atoms with Crippen LogP contribution in [0.5, 0.6) is 0 Å². The number of carbonyl (C=O) groups is 1. The molecule has 0 spiro atoms. The molecule has 0 N–H and O–H groups in total. The quantitative estimate of drug-likeness (QED) is 0.740. The highest BCUT2D eigenvalue weighted by atomic mass is 19.1. The highest BCUT2D eigenvalue weighted by Gasteiger charge is 2.51. The molecule has 0 unspecified atom stereocenters. The Labute approximate surface area is 158 Å². The van der Waals surface area contributed by atoms with E-state index in [4.69, 9.17) is 0 Å². The minimum Gasteiger partial charge on any atom is -0.334 e. The number of aromatic nitrogens is 1. The first-order valence-corrected chi connectivity index (χ1v) is 9.39. The Balaban J connectivity index is 1.64. The van der Waals surface area contributed by atoms with Crippen LogP contribution in [0.15, 0.2) is 36.4 Å². The highest BCUT2D eigenvalue weighted by Crippen LogP contribution is 2.52. The molecule has 1 amide bonds. The number of rotatable bonds is 2. The number of pyridine rings is 1. The van der Waals surface area contributed by atoms with E-state index in [0.717, 1.165) is 31.9 Å². The van der Waals surface area contributed by atoms with E-state index in [2.05, 4.69) is 25.8 Å². The van der Waals surface area contributed by atoms with E-state index in [9.17, 15) is 13.6 Å². The van der Waals surface area contributed by atoms with Crippen LogP contribution in [0.3, 0.4) is 0 Å². The van der Waals surface area contributed by atoms with Crippen molar-refractivity contribution in [2.75, 3.05) is 6.54 Å². The van der Waals surface area contributed by atoms with E-state index in [-0.39, 0.29) is 28.3 Å². The molecule has 1 aromatic carbocycles.